The van der Waals surface area contributed by atoms with E-state index in [1.165, 1.54) is 18.2 Å². The summed E-state index contributed by atoms with van der Waals surface area (Å²) >= 11 is 0.0178. The number of benzene rings is 2. The van der Waals surface area contributed by atoms with Gasteiger partial charge < -0.3 is 15.4 Å². The lowest BCUT2D eigenvalue weighted by molar-refractivity contribution is -0.146. The zero-order chi connectivity index (χ0) is 23.3. The summed E-state index contributed by atoms with van der Waals surface area (Å²) in [5.74, 6) is -1.09. The van der Waals surface area contributed by atoms with E-state index in [2.05, 4.69) is 38.3 Å². The van der Waals surface area contributed by atoms with E-state index in [1.54, 1.807) is 0 Å². The number of aromatic nitrogens is 4. The summed E-state index contributed by atoms with van der Waals surface area (Å²) in [6, 6.07) is 14.6. The largest absolute Gasteiger partial charge is 0.480 e. The van der Waals surface area contributed by atoms with Gasteiger partial charge in [0.25, 0.3) is 5.82 Å². The first kappa shape index (κ1) is 23.5. The van der Waals surface area contributed by atoms with Crippen molar-refractivity contribution in [3.8, 4) is 11.4 Å². The summed E-state index contributed by atoms with van der Waals surface area (Å²) in [6.07, 6.45) is -2.80. The van der Waals surface area contributed by atoms with E-state index in [0.717, 1.165) is 24.9 Å². The van der Waals surface area contributed by atoms with E-state index in [0.29, 0.717) is 22.5 Å². The molecule has 0 amide bonds. The highest BCUT2D eigenvalue weighted by Gasteiger charge is 2.38. The monoisotopic (exact) mass is 482 g/mol. The molecule has 0 bridgehead atoms. The van der Waals surface area contributed by atoms with Crippen molar-refractivity contribution in [3.63, 3.8) is 0 Å². The number of nitrogens with one attached hydrogen (secondary N) is 2. The first-order valence-corrected chi connectivity index (χ1v) is 11.2. The molecule has 1 fully saturated rings. The number of halogens is 4. The van der Waals surface area contributed by atoms with Crippen LogP contribution in [0.2, 0.25) is 0 Å². The average molecular weight is 483 g/mol. The van der Waals surface area contributed by atoms with Crippen LogP contribution in [0, 0.1) is 0 Å². The van der Waals surface area contributed by atoms with E-state index >= 15 is 0 Å². The van der Waals surface area contributed by atoms with Crippen LogP contribution in [0.5, 0.6) is 5.75 Å². The number of hydrogen-bond donors (Lipinski definition) is 2. The molecular formula is C21H22F4N6OS. The normalized spacial score (nSPS) is 18.9. The van der Waals surface area contributed by atoms with Crippen molar-refractivity contribution in [2.24, 2.45) is 0 Å². The van der Waals surface area contributed by atoms with Crippen molar-refractivity contribution >= 4 is 12.1 Å². The Hall–Kier alpha value is -2.70. The second-order valence-electron chi connectivity index (χ2n) is 7.55. The van der Waals surface area contributed by atoms with Gasteiger partial charge >= 0.3 is 6.18 Å². The third kappa shape index (κ3) is 5.63. The van der Waals surface area contributed by atoms with Crippen LogP contribution in [0.25, 0.3) is 5.69 Å². The fourth-order valence-electron chi connectivity index (χ4n) is 3.96. The Bertz CT molecular complexity index is 1050. The highest BCUT2D eigenvalue weighted by Crippen LogP contribution is 2.31. The molecule has 0 saturated carbocycles. The van der Waals surface area contributed by atoms with E-state index < -0.39 is 12.0 Å². The number of alkyl halides is 3. The van der Waals surface area contributed by atoms with Crippen molar-refractivity contribution in [1.82, 2.24) is 30.8 Å². The van der Waals surface area contributed by atoms with Crippen LogP contribution in [-0.4, -0.2) is 38.7 Å². The van der Waals surface area contributed by atoms with Crippen LogP contribution in [-0.2, 0) is 12.7 Å². The quantitative estimate of drug-likeness (QED) is 0.368. The van der Waals surface area contributed by atoms with Crippen LogP contribution < -0.4 is 15.4 Å². The van der Waals surface area contributed by atoms with Crippen LogP contribution in [0.3, 0.4) is 0 Å². The van der Waals surface area contributed by atoms with E-state index in [9.17, 15) is 17.1 Å². The standard InChI is InChI=1S/C21H22F4N6OS/c22-21(23,24)20-28-29-30-31(20)16-8-9-18(32-13-33-25)15(11-16)12-27-17-7-4-10-26-19(17)14-5-2-1-3-6-14/h1-3,5-6,8-9,11,17,19,26-27H,4,7,10,12-13H2/t17-,19-/m0/s1. The molecular weight excluding hydrogens is 460 g/mol. The van der Waals surface area contributed by atoms with Crippen molar-refractivity contribution < 1.29 is 21.8 Å². The third-order valence-electron chi connectivity index (χ3n) is 5.44. The first-order valence-electron chi connectivity index (χ1n) is 10.3. The maximum absolute atomic E-state index is 13.3. The summed E-state index contributed by atoms with van der Waals surface area (Å²) in [7, 11) is 0. The molecule has 3 aromatic rings. The molecule has 0 spiro atoms. The summed E-state index contributed by atoms with van der Waals surface area (Å²) in [4.78, 5) is 0. The maximum atomic E-state index is 13.3. The van der Waals surface area contributed by atoms with Crippen molar-refractivity contribution in [3.05, 3.63) is 65.5 Å². The lowest BCUT2D eigenvalue weighted by Crippen LogP contribution is -2.45. The zero-order valence-corrected chi connectivity index (χ0v) is 18.2. The number of rotatable bonds is 8. The van der Waals surface area contributed by atoms with Crippen LogP contribution in [0.15, 0.2) is 48.5 Å². The molecule has 0 radical (unpaired) electrons. The molecule has 176 valence electrons. The molecule has 33 heavy (non-hydrogen) atoms. The van der Waals surface area contributed by atoms with Gasteiger partial charge in [0.1, 0.15) is 5.75 Å². The predicted molar refractivity (Wildman–Crippen MR) is 115 cm³/mol. The van der Waals surface area contributed by atoms with Gasteiger partial charge in [0.05, 0.1) is 17.8 Å². The fraction of sp³-hybridized carbons (Fsp3) is 0.381. The molecule has 1 aromatic heterocycles. The summed E-state index contributed by atoms with van der Waals surface area (Å²) in [5, 5.41) is 16.8. The van der Waals surface area contributed by atoms with Crippen molar-refractivity contribution in [2.45, 2.75) is 37.6 Å². The van der Waals surface area contributed by atoms with Gasteiger partial charge in [-0.05, 0) is 53.6 Å². The Morgan fingerprint density at radius 1 is 1.18 bits per heavy atom. The Balaban J connectivity index is 1.59. The van der Waals surface area contributed by atoms with Crippen LogP contribution >= 0.6 is 12.1 Å². The third-order valence-corrected chi connectivity index (χ3v) is 5.65. The van der Waals surface area contributed by atoms with Gasteiger partial charge in [0.15, 0.2) is 5.94 Å². The van der Waals surface area contributed by atoms with Gasteiger partial charge in [-0.25, -0.2) is 0 Å². The highest BCUT2D eigenvalue weighted by molar-refractivity contribution is 7.94. The molecule has 4 rings (SSSR count). The molecule has 12 heteroatoms. The summed E-state index contributed by atoms with van der Waals surface area (Å²) in [6.45, 7) is 1.20. The summed E-state index contributed by atoms with van der Waals surface area (Å²) in [5.41, 5.74) is 1.85. The van der Waals surface area contributed by atoms with Crippen LogP contribution in [0.1, 0.15) is 35.8 Å². The number of ether oxygens (including phenoxy) is 1. The Morgan fingerprint density at radius 2 is 2.00 bits per heavy atom. The number of piperidine rings is 1. The fourth-order valence-corrected chi connectivity index (χ4v) is 4.13. The zero-order valence-electron chi connectivity index (χ0n) is 17.4. The van der Waals surface area contributed by atoms with E-state index in [4.69, 9.17) is 4.74 Å². The lowest BCUT2D eigenvalue weighted by atomic mass is 9.92. The average Bonchev–Trinajstić information content (AvgIpc) is 3.33. The molecule has 1 saturated heterocycles. The van der Waals surface area contributed by atoms with Gasteiger partial charge in [-0.1, -0.05) is 30.3 Å². The first-order chi connectivity index (χ1) is 16.0. The second-order valence-corrected chi connectivity index (χ2v) is 8.00. The van der Waals surface area contributed by atoms with Gasteiger partial charge in [-0.2, -0.15) is 21.7 Å². The lowest BCUT2D eigenvalue weighted by Gasteiger charge is -2.34. The minimum Gasteiger partial charge on any atom is -0.480 e. The molecule has 1 aliphatic heterocycles. The predicted octanol–water partition coefficient (Wildman–Crippen LogP) is 4.22. The van der Waals surface area contributed by atoms with Gasteiger partial charge in [-0.3, -0.25) is 0 Å². The maximum Gasteiger partial charge on any atom is 0.453 e. The van der Waals surface area contributed by atoms with Crippen LogP contribution in [0.4, 0.5) is 17.1 Å². The number of tetrazole rings is 1. The van der Waals surface area contributed by atoms with E-state index in [-0.39, 0.29) is 35.9 Å². The molecule has 2 N–H and O–H groups in total. The molecule has 2 atom stereocenters. The number of nitrogens with zero attached hydrogens (tertiary/aromatic N) is 4. The summed E-state index contributed by atoms with van der Waals surface area (Å²) < 4.78 is 58.5. The topological polar surface area (TPSA) is 76.9 Å². The van der Waals surface area contributed by atoms with Gasteiger partial charge in [-0.15, -0.1) is 5.10 Å². The molecule has 2 aromatic carbocycles. The van der Waals surface area contributed by atoms with E-state index in [1.807, 2.05) is 18.2 Å². The molecule has 0 unspecified atom stereocenters. The van der Waals surface area contributed by atoms with Gasteiger partial charge in [0.2, 0.25) is 0 Å². The molecule has 2 heterocycles. The number of hydrogen-bond acceptors (Lipinski definition) is 7. The molecule has 0 aliphatic carbocycles. The minimum atomic E-state index is -4.71. The SMILES string of the molecule is FSCOc1ccc(-n2nnnc2C(F)(F)F)cc1CN[C@H]1CCCN[C@H]1c1ccccc1. The minimum absolute atomic E-state index is 0.0178. The van der Waals surface area contributed by atoms with Gasteiger partial charge in [0, 0.05) is 24.2 Å². The Labute approximate surface area is 192 Å². The Morgan fingerprint density at radius 3 is 2.76 bits per heavy atom. The molecule has 1 aliphatic rings. The Kier molecular flexibility index (Phi) is 7.46. The highest BCUT2D eigenvalue weighted by atomic mass is 32.2. The van der Waals surface area contributed by atoms with Crippen molar-refractivity contribution in [1.29, 1.82) is 0 Å². The van der Waals surface area contributed by atoms with Crippen molar-refractivity contribution in [2.75, 3.05) is 12.5 Å². The molecule has 7 nitrogen and oxygen atoms in total. The smallest absolute Gasteiger partial charge is 0.453 e. The second kappa shape index (κ2) is 10.5.